The van der Waals surface area contributed by atoms with Gasteiger partial charge in [0.25, 0.3) is 5.91 Å². The van der Waals surface area contributed by atoms with E-state index in [4.69, 9.17) is 0 Å². The first-order valence-corrected chi connectivity index (χ1v) is 10.6. The molecule has 1 amide bonds. The lowest BCUT2D eigenvalue weighted by molar-refractivity contribution is -0.155. The minimum Gasteiger partial charge on any atom is -0.368 e. The number of carbonyl (C=O) groups is 1. The number of halogens is 4. The molecule has 3 aromatic heterocycles. The van der Waals surface area contributed by atoms with Crippen LogP contribution in [0.4, 0.5) is 28.9 Å². The summed E-state index contributed by atoms with van der Waals surface area (Å²) in [5.41, 5.74) is 2.16. The fourth-order valence-electron chi connectivity index (χ4n) is 4.30. The summed E-state index contributed by atoms with van der Waals surface area (Å²) < 4.78 is 57.2. The number of aryl methyl sites for hydroxylation is 2. The Hall–Kier alpha value is -3.67. The molecule has 4 aromatic rings. The van der Waals surface area contributed by atoms with Gasteiger partial charge in [-0.05, 0) is 19.1 Å². The molecular weight excluding hydrogens is 454 g/mol. The molecule has 5 rings (SSSR count). The summed E-state index contributed by atoms with van der Waals surface area (Å²) in [5, 5.41) is 10.1. The van der Waals surface area contributed by atoms with Crippen molar-refractivity contribution >= 4 is 33.8 Å². The summed E-state index contributed by atoms with van der Waals surface area (Å²) in [5.74, 6) is -1.10. The maximum absolute atomic E-state index is 14.4. The normalized spacial score (nSPS) is 17.0. The van der Waals surface area contributed by atoms with E-state index in [-0.39, 0.29) is 30.0 Å². The van der Waals surface area contributed by atoms with Gasteiger partial charge in [-0.1, -0.05) is 0 Å². The molecule has 0 saturated carbocycles. The van der Waals surface area contributed by atoms with Crippen molar-refractivity contribution < 1.29 is 22.4 Å². The number of anilines is 2. The van der Waals surface area contributed by atoms with Gasteiger partial charge in [-0.15, -0.1) is 0 Å². The fourth-order valence-corrected chi connectivity index (χ4v) is 4.30. The topological polar surface area (TPSA) is 79.5 Å². The molecule has 0 radical (unpaired) electrons. The number of hydrogen-bond acceptors (Lipinski definition) is 5. The van der Waals surface area contributed by atoms with Crippen molar-refractivity contribution in [3.05, 3.63) is 53.9 Å². The van der Waals surface area contributed by atoms with Gasteiger partial charge < -0.3 is 19.9 Å². The fraction of sp³-hybridized carbons (Fsp3) is 0.318. The van der Waals surface area contributed by atoms with Crippen LogP contribution in [-0.4, -0.2) is 56.9 Å². The van der Waals surface area contributed by atoms with Crippen molar-refractivity contribution in [2.75, 3.05) is 29.9 Å². The number of pyridine rings is 1. The number of imidazole rings is 1. The predicted octanol–water partition coefficient (Wildman–Crippen LogP) is 3.26. The second-order valence-electron chi connectivity index (χ2n) is 8.34. The summed E-state index contributed by atoms with van der Waals surface area (Å²) in [7, 11) is 1.67. The zero-order chi connectivity index (χ0) is 24.2. The van der Waals surface area contributed by atoms with E-state index in [1.807, 2.05) is 0 Å². The van der Waals surface area contributed by atoms with Crippen LogP contribution in [-0.2, 0) is 7.05 Å². The van der Waals surface area contributed by atoms with Gasteiger partial charge in [-0.3, -0.25) is 9.48 Å². The average molecular weight is 475 g/mol. The molecule has 0 spiro atoms. The smallest absolute Gasteiger partial charge is 0.368 e. The van der Waals surface area contributed by atoms with Crippen molar-refractivity contribution in [2.45, 2.75) is 19.1 Å². The molecule has 1 aliphatic rings. The highest BCUT2D eigenvalue weighted by Crippen LogP contribution is 2.32. The van der Waals surface area contributed by atoms with Gasteiger partial charge >= 0.3 is 6.18 Å². The highest BCUT2D eigenvalue weighted by Gasteiger charge is 2.42. The Morgan fingerprint density at radius 2 is 2.03 bits per heavy atom. The number of alkyl halides is 3. The second-order valence-corrected chi connectivity index (χ2v) is 8.34. The van der Waals surface area contributed by atoms with E-state index in [1.165, 1.54) is 21.2 Å². The molecule has 1 unspecified atom stereocenters. The summed E-state index contributed by atoms with van der Waals surface area (Å²) in [4.78, 5) is 18.8. The lowest BCUT2D eigenvalue weighted by Crippen LogP contribution is -2.57. The molecule has 1 aromatic carbocycles. The summed E-state index contributed by atoms with van der Waals surface area (Å²) in [6.45, 7) is 2.05. The minimum atomic E-state index is -4.36. The molecular formula is C22H21F4N7O. The molecule has 1 fully saturated rings. The lowest BCUT2D eigenvalue weighted by Gasteiger charge is -2.36. The number of piperazine rings is 1. The van der Waals surface area contributed by atoms with Crippen LogP contribution in [0.15, 0.2) is 36.8 Å². The van der Waals surface area contributed by atoms with Crippen molar-refractivity contribution in [1.29, 1.82) is 0 Å². The molecule has 12 heteroatoms. The van der Waals surface area contributed by atoms with E-state index in [9.17, 15) is 22.4 Å². The van der Waals surface area contributed by atoms with Gasteiger partial charge in [0, 0.05) is 62.4 Å². The Balaban J connectivity index is 1.47. The number of aromatic nitrogens is 4. The molecule has 178 valence electrons. The van der Waals surface area contributed by atoms with Crippen LogP contribution in [0.2, 0.25) is 0 Å². The van der Waals surface area contributed by atoms with Gasteiger partial charge in [0.1, 0.15) is 11.6 Å². The van der Waals surface area contributed by atoms with Crippen molar-refractivity contribution in [1.82, 2.24) is 24.5 Å². The van der Waals surface area contributed by atoms with Gasteiger partial charge in [-0.25, -0.2) is 9.37 Å². The maximum atomic E-state index is 14.4. The van der Waals surface area contributed by atoms with Crippen LogP contribution >= 0.6 is 0 Å². The van der Waals surface area contributed by atoms with Crippen LogP contribution in [0.25, 0.3) is 16.6 Å². The van der Waals surface area contributed by atoms with Gasteiger partial charge in [0.2, 0.25) is 0 Å². The van der Waals surface area contributed by atoms with Crippen LogP contribution in [0.3, 0.4) is 0 Å². The minimum absolute atomic E-state index is 0.153. The monoisotopic (exact) mass is 475 g/mol. The number of nitrogens with one attached hydrogen (secondary N) is 2. The molecule has 0 aliphatic carbocycles. The Morgan fingerprint density at radius 3 is 2.79 bits per heavy atom. The zero-order valence-corrected chi connectivity index (χ0v) is 18.3. The highest BCUT2D eigenvalue weighted by atomic mass is 19.4. The standard InChI is InChI=1S/C22H21F4N7O/c1-12-8-33-9-13(7-16(23)20(33)28-12)29-21(34)14-3-4-17(15-10-31(2)30-19(14)15)32-6-5-27-18(11-32)22(24,25)26/h3-4,7-10,18,27H,5-6,11H2,1-2H3,(H,29,34). The molecule has 1 aliphatic heterocycles. The van der Waals surface area contributed by atoms with Crippen LogP contribution < -0.4 is 15.5 Å². The first kappa shape index (κ1) is 22.1. The zero-order valence-electron chi connectivity index (χ0n) is 18.3. The quantitative estimate of drug-likeness (QED) is 0.445. The number of rotatable bonds is 3. The third-order valence-corrected chi connectivity index (χ3v) is 5.81. The molecule has 4 heterocycles. The van der Waals surface area contributed by atoms with E-state index >= 15 is 0 Å². The third kappa shape index (κ3) is 3.94. The molecule has 0 bridgehead atoms. The van der Waals surface area contributed by atoms with E-state index in [1.54, 1.807) is 43.5 Å². The largest absolute Gasteiger partial charge is 0.405 e. The number of benzene rings is 1. The molecule has 2 N–H and O–H groups in total. The van der Waals surface area contributed by atoms with Gasteiger partial charge in [0.15, 0.2) is 11.5 Å². The number of nitrogens with zero attached hydrogens (tertiary/aromatic N) is 5. The third-order valence-electron chi connectivity index (χ3n) is 5.81. The summed E-state index contributed by atoms with van der Waals surface area (Å²) >= 11 is 0. The number of carbonyl (C=O) groups excluding carboxylic acids is 1. The Bertz CT molecular complexity index is 1410. The van der Waals surface area contributed by atoms with Gasteiger partial charge in [-0.2, -0.15) is 18.3 Å². The summed E-state index contributed by atoms with van der Waals surface area (Å²) in [6, 6.07) is 2.69. The Kier molecular flexibility index (Phi) is 5.19. The number of hydrogen-bond donors (Lipinski definition) is 2. The van der Waals surface area contributed by atoms with E-state index in [0.717, 1.165) is 0 Å². The first-order chi connectivity index (χ1) is 16.1. The van der Waals surface area contributed by atoms with Crippen LogP contribution in [0.5, 0.6) is 0 Å². The molecule has 1 atom stereocenters. The molecule has 1 saturated heterocycles. The first-order valence-electron chi connectivity index (χ1n) is 10.6. The van der Waals surface area contributed by atoms with E-state index < -0.39 is 23.9 Å². The second kappa shape index (κ2) is 7.97. The summed E-state index contributed by atoms with van der Waals surface area (Å²) in [6.07, 6.45) is 0.503. The van der Waals surface area contributed by atoms with E-state index in [2.05, 4.69) is 20.7 Å². The van der Waals surface area contributed by atoms with E-state index in [0.29, 0.717) is 28.8 Å². The highest BCUT2D eigenvalue weighted by molar-refractivity contribution is 6.13. The van der Waals surface area contributed by atoms with Crippen LogP contribution in [0.1, 0.15) is 16.1 Å². The predicted molar refractivity (Wildman–Crippen MR) is 119 cm³/mol. The Morgan fingerprint density at radius 1 is 1.24 bits per heavy atom. The maximum Gasteiger partial charge on any atom is 0.405 e. The van der Waals surface area contributed by atoms with Crippen LogP contribution in [0, 0.1) is 12.7 Å². The van der Waals surface area contributed by atoms with Crippen molar-refractivity contribution in [3.63, 3.8) is 0 Å². The lowest BCUT2D eigenvalue weighted by atomic mass is 10.1. The van der Waals surface area contributed by atoms with Crippen molar-refractivity contribution in [3.8, 4) is 0 Å². The Labute approximate surface area is 191 Å². The van der Waals surface area contributed by atoms with Crippen molar-refractivity contribution in [2.24, 2.45) is 7.05 Å². The molecule has 34 heavy (non-hydrogen) atoms. The average Bonchev–Trinajstić information content (AvgIpc) is 3.34. The number of fused-ring (bicyclic) bond motifs is 2. The number of amides is 1. The molecule has 8 nitrogen and oxygen atoms in total. The van der Waals surface area contributed by atoms with Gasteiger partial charge in [0.05, 0.1) is 16.9 Å². The SMILES string of the molecule is Cc1cn2cc(NC(=O)c3ccc(N4CCNC(C(F)(F)F)C4)c4cn(C)nc34)cc(F)c2n1.